The van der Waals surface area contributed by atoms with Gasteiger partial charge in [-0.15, -0.1) is 0 Å². The molecule has 2 fully saturated rings. The van der Waals surface area contributed by atoms with Crippen molar-refractivity contribution in [2.45, 2.75) is 31.3 Å². The highest BCUT2D eigenvalue weighted by atomic mass is 35.5. The number of aromatic amines is 1. The zero-order valence-corrected chi connectivity index (χ0v) is 16.8. The van der Waals surface area contributed by atoms with Crippen LogP contribution in [0, 0.1) is 0 Å². The van der Waals surface area contributed by atoms with Crippen LogP contribution in [0.25, 0.3) is 11.0 Å². The Hall–Kier alpha value is -2.64. The number of amides is 1. The number of piperazine rings is 1. The average molecular weight is 411 g/mol. The number of halogens is 1. The monoisotopic (exact) mass is 410 g/mol. The van der Waals surface area contributed by atoms with Gasteiger partial charge in [0, 0.05) is 32.4 Å². The van der Waals surface area contributed by atoms with E-state index in [0.717, 1.165) is 53.9 Å². The fraction of sp³-hybridized carbons (Fsp3) is 0.381. The molecule has 0 radical (unpaired) electrons. The Balaban J connectivity index is 1.35. The maximum Gasteiger partial charge on any atom is 0.227 e. The topological polar surface area (TPSA) is 91.1 Å². The van der Waals surface area contributed by atoms with Crippen LogP contribution in [0.2, 0.25) is 5.02 Å². The number of anilines is 1. The minimum absolute atomic E-state index is 0.0964. The van der Waals surface area contributed by atoms with Crippen molar-refractivity contribution in [3.63, 3.8) is 0 Å². The number of nitrogens with two attached hydrogens (primary N) is 1. The molecule has 8 heteroatoms. The fourth-order valence-electron chi connectivity index (χ4n) is 4.41. The first-order chi connectivity index (χ1) is 14.1. The lowest BCUT2D eigenvalue weighted by Crippen LogP contribution is -2.57. The van der Waals surface area contributed by atoms with Crippen molar-refractivity contribution in [2.75, 3.05) is 24.5 Å². The quantitative estimate of drug-likeness (QED) is 0.689. The minimum Gasteiger partial charge on any atom is -0.352 e. The smallest absolute Gasteiger partial charge is 0.227 e. The second kappa shape index (κ2) is 7.00. The molecule has 1 amide bonds. The van der Waals surface area contributed by atoms with E-state index in [1.807, 2.05) is 24.3 Å². The Morgan fingerprint density at radius 1 is 1.24 bits per heavy atom. The van der Waals surface area contributed by atoms with E-state index in [0.29, 0.717) is 24.5 Å². The first-order valence-electron chi connectivity index (χ1n) is 9.90. The largest absolute Gasteiger partial charge is 0.352 e. The number of aromatic nitrogens is 3. The predicted molar refractivity (Wildman–Crippen MR) is 113 cm³/mol. The molecule has 150 valence electrons. The van der Waals surface area contributed by atoms with E-state index >= 15 is 0 Å². The summed E-state index contributed by atoms with van der Waals surface area (Å²) in [5.41, 5.74) is 8.45. The van der Waals surface area contributed by atoms with Crippen LogP contribution in [0.3, 0.4) is 0 Å². The lowest BCUT2D eigenvalue weighted by Gasteiger charge is -2.43. The molecule has 2 aliphatic rings. The lowest BCUT2D eigenvalue weighted by molar-refractivity contribution is -0.134. The van der Waals surface area contributed by atoms with Gasteiger partial charge in [0.15, 0.2) is 0 Å². The Morgan fingerprint density at radius 2 is 2.07 bits per heavy atom. The molecule has 7 nitrogen and oxygen atoms in total. The molecule has 3 N–H and O–H groups in total. The molecule has 0 unspecified atom stereocenters. The summed E-state index contributed by atoms with van der Waals surface area (Å²) in [5, 5.41) is 1.47. The van der Waals surface area contributed by atoms with E-state index in [1.54, 1.807) is 12.5 Å². The molecular weight excluding hydrogens is 388 g/mol. The van der Waals surface area contributed by atoms with Gasteiger partial charge in [0.1, 0.15) is 17.8 Å². The Labute approximate surface area is 173 Å². The van der Waals surface area contributed by atoms with Gasteiger partial charge in [-0.3, -0.25) is 4.79 Å². The van der Waals surface area contributed by atoms with Gasteiger partial charge in [-0.2, -0.15) is 0 Å². The van der Waals surface area contributed by atoms with Gasteiger partial charge < -0.3 is 20.5 Å². The van der Waals surface area contributed by atoms with Crippen molar-refractivity contribution in [3.05, 3.63) is 52.9 Å². The van der Waals surface area contributed by atoms with Crippen LogP contribution in [0.15, 0.2) is 36.8 Å². The normalized spacial score (nSPS) is 17.9. The summed E-state index contributed by atoms with van der Waals surface area (Å²) in [6.07, 6.45) is 5.76. The van der Waals surface area contributed by atoms with Gasteiger partial charge in [-0.05, 0) is 24.0 Å². The molecule has 1 saturated heterocycles. The number of fused-ring (bicyclic) bond motifs is 1. The summed E-state index contributed by atoms with van der Waals surface area (Å²) in [5.74, 6) is 1.03. The van der Waals surface area contributed by atoms with Crippen LogP contribution in [0.1, 0.15) is 24.0 Å². The van der Waals surface area contributed by atoms with Crippen LogP contribution in [-0.4, -0.2) is 50.9 Å². The third kappa shape index (κ3) is 3.24. The first kappa shape index (κ1) is 18.4. The van der Waals surface area contributed by atoms with Crippen molar-refractivity contribution in [1.82, 2.24) is 19.9 Å². The molecule has 1 saturated carbocycles. The number of H-pyrrole nitrogens is 1. The minimum atomic E-state index is -0.0964. The van der Waals surface area contributed by atoms with E-state index in [-0.39, 0.29) is 11.4 Å². The molecule has 3 aromatic rings. The molecule has 0 bridgehead atoms. The molecule has 1 spiro atoms. The molecule has 2 aromatic heterocycles. The van der Waals surface area contributed by atoms with Crippen LogP contribution in [-0.2, 0) is 17.8 Å². The van der Waals surface area contributed by atoms with Gasteiger partial charge in [-0.1, -0.05) is 35.9 Å². The van der Waals surface area contributed by atoms with Crippen LogP contribution >= 0.6 is 11.6 Å². The van der Waals surface area contributed by atoms with Crippen molar-refractivity contribution in [3.8, 4) is 0 Å². The number of carbonyl (C=O) groups is 1. The molecule has 3 heterocycles. The number of benzene rings is 1. The predicted octanol–water partition coefficient (Wildman–Crippen LogP) is 2.49. The molecule has 1 aromatic carbocycles. The maximum absolute atomic E-state index is 13.1. The first-order valence-corrected chi connectivity index (χ1v) is 10.3. The van der Waals surface area contributed by atoms with Crippen molar-refractivity contribution < 1.29 is 4.79 Å². The second-order valence-electron chi connectivity index (χ2n) is 7.95. The number of nitrogens with zero attached hydrogens (tertiary/aromatic N) is 4. The van der Waals surface area contributed by atoms with Crippen LogP contribution in [0.5, 0.6) is 0 Å². The molecule has 0 atom stereocenters. The van der Waals surface area contributed by atoms with Crippen LogP contribution in [0.4, 0.5) is 5.82 Å². The third-order valence-electron chi connectivity index (χ3n) is 6.06. The summed E-state index contributed by atoms with van der Waals surface area (Å²) >= 11 is 6.37. The maximum atomic E-state index is 13.1. The van der Waals surface area contributed by atoms with E-state index in [1.165, 1.54) is 0 Å². The van der Waals surface area contributed by atoms with E-state index in [4.69, 9.17) is 17.3 Å². The van der Waals surface area contributed by atoms with Gasteiger partial charge >= 0.3 is 0 Å². The summed E-state index contributed by atoms with van der Waals surface area (Å²) in [7, 11) is 0. The van der Waals surface area contributed by atoms with Crippen molar-refractivity contribution in [1.29, 1.82) is 0 Å². The molecule has 5 rings (SSSR count). The molecular formula is C21H23ClN6O. The van der Waals surface area contributed by atoms with Crippen LogP contribution < -0.4 is 10.6 Å². The zero-order chi connectivity index (χ0) is 20.0. The highest BCUT2D eigenvalue weighted by Gasteiger charge is 2.53. The van der Waals surface area contributed by atoms with Crippen molar-refractivity contribution in [2.24, 2.45) is 5.73 Å². The summed E-state index contributed by atoms with van der Waals surface area (Å²) in [4.78, 5) is 29.3. The fourth-order valence-corrected chi connectivity index (χ4v) is 4.63. The van der Waals surface area contributed by atoms with Gasteiger partial charge in [0.05, 0.1) is 22.4 Å². The summed E-state index contributed by atoms with van der Waals surface area (Å²) in [6, 6.07) is 7.98. The summed E-state index contributed by atoms with van der Waals surface area (Å²) < 4.78 is 0. The van der Waals surface area contributed by atoms with E-state index in [9.17, 15) is 4.79 Å². The molecule has 29 heavy (non-hydrogen) atoms. The SMILES string of the molecule is NCc1cccc(CC(=O)N2CCN(c3ncnc4[nH]cc(Cl)c34)CC23CC3)c1. The lowest BCUT2D eigenvalue weighted by atomic mass is 10.0. The Bertz CT molecular complexity index is 1080. The van der Waals surface area contributed by atoms with Gasteiger partial charge in [0.25, 0.3) is 0 Å². The summed E-state index contributed by atoms with van der Waals surface area (Å²) in [6.45, 7) is 2.67. The highest BCUT2D eigenvalue weighted by Crippen LogP contribution is 2.46. The number of hydrogen-bond donors (Lipinski definition) is 2. The highest BCUT2D eigenvalue weighted by molar-refractivity contribution is 6.36. The number of rotatable bonds is 4. The van der Waals surface area contributed by atoms with Gasteiger partial charge in [0.2, 0.25) is 5.91 Å². The molecule has 1 aliphatic heterocycles. The Kier molecular flexibility index (Phi) is 4.44. The van der Waals surface area contributed by atoms with E-state index < -0.39 is 0 Å². The van der Waals surface area contributed by atoms with Gasteiger partial charge in [-0.25, -0.2) is 9.97 Å². The number of hydrogen-bond acceptors (Lipinski definition) is 5. The standard InChI is InChI=1S/C21H23ClN6O/c22-16-11-24-19-18(16)20(26-13-25-19)27-6-7-28(21(12-27)4-5-21)17(29)9-14-2-1-3-15(8-14)10-23/h1-3,8,11,13H,4-7,9-10,12,23H2,(H,24,25,26). The second-order valence-corrected chi connectivity index (χ2v) is 8.36. The number of carbonyl (C=O) groups excluding carboxylic acids is 1. The van der Waals surface area contributed by atoms with Crippen molar-refractivity contribution >= 4 is 34.4 Å². The third-order valence-corrected chi connectivity index (χ3v) is 6.36. The van der Waals surface area contributed by atoms with E-state index in [2.05, 4.69) is 24.8 Å². The number of nitrogens with one attached hydrogen (secondary N) is 1. The average Bonchev–Trinajstić information content (AvgIpc) is 3.39. The zero-order valence-electron chi connectivity index (χ0n) is 16.1. The Morgan fingerprint density at radius 3 is 2.86 bits per heavy atom. The molecule has 1 aliphatic carbocycles.